The summed E-state index contributed by atoms with van der Waals surface area (Å²) in [4.78, 5) is 24.8. The zero-order valence-electron chi connectivity index (χ0n) is 8.83. The van der Waals surface area contributed by atoms with Crippen LogP contribution in [-0.4, -0.2) is 35.8 Å². The molecule has 1 heterocycles. The lowest BCUT2D eigenvalue weighted by atomic mass is 9.89. The Hall–Kier alpha value is -0.900. The van der Waals surface area contributed by atoms with Gasteiger partial charge in [-0.15, -0.1) is 0 Å². The van der Waals surface area contributed by atoms with E-state index in [1.807, 2.05) is 18.9 Å². The minimum Gasteiger partial charge on any atom is -0.294 e. The van der Waals surface area contributed by atoms with Gasteiger partial charge in [0.2, 0.25) is 11.8 Å². The maximum atomic E-state index is 11.8. The molecule has 1 aliphatic heterocycles. The summed E-state index contributed by atoms with van der Waals surface area (Å²) in [5.74, 6) is 0.677. The van der Waals surface area contributed by atoms with E-state index in [0.717, 1.165) is 6.42 Å². The molecule has 0 spiro atoms. The van der Waals surface area contributed by atoms with Crippen LogP contribution < -0.4 is 5.32 Å². The summed E-state index contributed by atoms with van der Waals surface area (Å²) >= 11 is 0. The lowest BCUT2D eigenvalue weighted by Gasteiger charge is -2.41. The summed E-state index contributed by atoms with van der Waals surface area (Å²) in [7, 11) is 1.85. The fourth-order valence-electron chi connectivity index (χ4n) is 2.40. The van der Waals surface area contributed by atoms with Crippen molar-refractivity contribution in [1.82, 2.24) is 10.2 Å². The molecule has 2 amide bonds. The van der Waals surface area contributed by atoms with Gasteiger partial charge in [0.15, 0.2) is 0 Å². The number of nitrogens with one attached hydrogen (secondary N) is 1. The molecule has 1 saturated heterocycles. The van der Waals surface area contributed by atoms with Gasteiger partial charge >= 0.3 is 0 Å². The topological polar surface area (TPSA) is 49.4 Å². The van der Waals surface area contributed by atoms with Crippen LogP contribution in [0, 0.1) is 11.8 Å². The highest BCUT2D eigenvalue weighted by Crippen LogP contribution is 2.48. The highest BCUT2D eigenvalue weighted by molar-refractivity contribution is 6.03. The van der Waals surface area contributed by atoms with Crippen LogP contribution in [0.4, 0.5) is 0 Å². The maximum Gasteiger partial charge on any atom is 0.247 e. The van der Waals surface area contributed by atoms with E-state index in [0.29, 0.717) is 18.4 Å². The van der Waals surface area contributed by atoms with Crippen molar-refractivity contribution >= 4 is 11.8 Å². The first kappa shape index (κ1) is 9.65. The van der Waals surface area contributed by atoms with Gasteiger partial charge in [-0.25, -0.2) is 0 Å². The Morgan fingerprint density at radius 2 is 2.07 bits per heavy atom. The molecule has 0 aromatic heterocycles. The van der Waals surface area contributed by atoms with Crippen molar-refractivity contribution in [3.8, 4) is 0 Å². The van der Waals surface area contributed by atoms with Crippen LogP contribution in [0.3, 0.4) is 0 Å². The second kappa shape index (κ2) is 2.79. The standard InChI is InChI=1S/C10H16N2O2/c1-6-4-7(6)10(2)9(14)11-8(13)5-12(10)3/h6-7H,4-5H2,1-3H3,(H,11,13,14). The van der Waals surface area contributed by atoms with Gasteiger partial charge in [-0.05, 0) is 32.2 Å². The number of rotatable bonds is 1. The summed E-state index contributed by atoms with van der Waals surface area (Å²) < 4.78 is 0. The van der Waals surface area contributed by atoms with Crippen molar-refractivity contribution < 1.29 is 9.59 Å². The third kappa shape index (κ3) is 1.17. The van der Waals surface area contributed by atoms with E-state index < -0.39 is 5.54 Å². The number of carbonyl (C=O) groups excluding carboxylic acids is 2. The van der Waals surface area contributed by atoms with Crippen LogP contribution in [0.1, 0.15) is 20.3 Å². The van der Waals surface area contributed by atoms with E-state index in [1.54, 1.807) is 0 Å². The molecule has 0 aromatic carbocycles. The molecule has 0 bridgehead atoms. The van der Waals surface area contributed by atoms with Crippen molar-refractivity contribution in [2.45, 2.75) is 25.8 Å². The first-order valence-corrected chi connectivity index (χ1v) is 5.01. The minimum atomic E-state index is -0.479. The molecule has 4 nitrogen and oxygen atoms in total. The number of amides is 2. The summed E-state index contributed by atoms with van der Waals surface area (Å²) in [5.41, 5.74) is -0.479. The molecule has 3 atom stereocenters. The molecule has 0 aromatic rings. The SMILES string of the molecule is CC1CC1C1(C)C(=O)NC(=O)CN1C. The number of hydrogen-bond acceptors (Lipinski definition) is 3. The Morgan fingerprint density at radius 1 is 1.50 bits per heavy atom. The molecule has 4 heteroatoms. The van der Waals surface area contributed by atoms with Crippen molar-refractivity contribution in [3.05, 3.63) is 0 Å². The minimum absolute atomic E-state index is 0.134. The number of nitrogens with zero attached hydrogens (tertiary/aromatic N) is 1. The molecule has 2 aliphatic rings. The predicted octanol–water partition coefficient (Wildman–Crippen LogP) is -0.0107. The summed E-state index contributed by atoms with van der Waals surface area (Å²) in [6, 6.07) is 0. The summed E-state index contributed by atoms with van der Waals surface area (Å²) in [6.07, 6.45) is 1.09. The smallest absolute Gasteiger partial charge is 0.247 e. The fourth-order valence-corrected chi connectivity index (χ4v) is 2.40. The Bertz CT molecular complexity index is 302. The van der Waals surface area contributed by atoms with Crippen LogP contribution in [0.15, 0.2) is 0 Å². The number of carbonyl (C=O) groups is 2. The highest BCUT2D eigenvalue weighted by Gasteiger charge is 2.56. The average molecular weight is 196 g/mol. The van der Waals surface area contributed by atoms with Crippen LogP contribution in [0.2, 0.25) is 0 Å². The van der Waals surface area contributed by atoms with Crippen molar-refractivity contribution in [3.63, 3.8) is 0 Å². The van der Waals surface area contributed by atoms with Crippen LogP contribution in [0.25, 0.3) is 0 Å². The van der Waals surface area contributed by atoms with E-state index in [1.165, 1.54) is 0 Å². The summed E-state index contributed by atoms with van der Waals surface area (Å²) in [6.45, 7) is 4.40. The Balaban J connectivity index is 2.24. The van der Waals surface area contributed by atoms with Gasteiger partial charge in [0.25, 0.3) is 0 Å². The van der Waals surface area contributed by atoms with Crippen molar-refractivity contribution in [1.29, 1.82) is 0 Å². The molecular formula is C10H16N2O2. The monoisotopic (exact) mass is 196 g/mol. The Morgan fingerprint density at radius 3 is 2.50 bits per heavy atom. The van der Waals surface area contributed by atoms with Crippen LogP contribution in [0.5, 0.6) is 0 Å². The van der Waals surface area contributed by atoms with Crippen molar-refractivity contribution in [2.75, 3.05) is 13.6 Å². The van der Waals surface area contributed by atoms with Gasteiger partial charge in [-0.3, -0.25) is 19.8 Å². The fraction of sp³-hybridized carbons (Fsp3) is 0.800. The average Bonchev–Trinajstić information content (AvgIpc) is 2.78. The van der Waals surface area contributed by atoms with Gasteiger partial charge in [-0.2, -0.15) is 0 Å². The van der Waals surface area contributed by atoms with Gasteiger partial charge in [0.1, 0.15) is 5.54 Å². The van der Waals surface area contributed by atoms with E-state index in [-0.39, 0.29) is 11.8 Å². The predicted molar refractivity (Wildman–Crippen MR) is 51.5 cm³/mol. The summed E-state index contributed by atoms with van der Waals surface area (Å²) in [5, 5.41) is 2.42. The second-order valence-electron chi connectivity index (χ2n) is 4.70. The van der Waals surface area contributed by atoms with Gasteiger partial charge in [0, 0.05) is 0 Å². The Labute approximate surface area is 83.6 Å². The molecule has 1 aliphatic carbocycles. The quantitative estimate of drug-likeness (QED) is 0.600. The largest absolute Gasteiger partial charge is 0.294 e. The number of imide groups is 1. The Kier molecular flexibility index (Phi) is 1.93. The van der Waals surface area contributed by atoms with Crippen molar-refractivity contribution in [2.24, 2.45) is 11.8 Å². The van der Waals surface area contributed by atoms with Crippen LogP contribution >= 0.6 is 0 Å². The number of likely N-dealkylation sites (N-methyl/N-ethyl adjacent to an activating group) is 1. The molecule has 2 fully saturated rings. The van der Waals surface area contributed by atoms with Gasteiger partial charge in [0.05, 0.1) is 6.54 Å². The van der Waals surface area contributed by atoms with E-state index in [4.69, 9.17) is 0 Å². The zero-order valence-corrected chi connectivity index (χ0v) is 8.83. The molecule has 1 N–H and O–H groups in total. The molecule has 78 valence electrons. The molecule has 14 heavy (non-hydrogen) atoms. The molecule has 3 unspecified atom stereocenters. The van der Waals surface area contributed by atoms with Gasteiger partial charge in [-0.1, -0.05) is 6.92 Å². The molecular weight excluding hydrogens is 180 g/mol. The van der Waals surface area contributed by atoms with Crippen LogP contribution in [-0.2, 0) is 9.59 Å². The lowest BCUT2D eigenvalue weighted by molar-refractivity contribution is -0.146. The first-order chi connectivity index (χ1) is 6.46. The normalized spacial score (nSPS) is 43.6. The van der Waals surface area contributed by atoms with E-state index in [2.05, 4.69) is 12.2 Å². The molecule has 1 saturated carbocycles. The first-order valence-electron chi connectivity index (χ1n) is 5.01. The van der Waals surface area contributed by atoms with E-state index in [9.17, 15) is 9.59 Å². The second-order valence-corrected chi connectivity index (χ2v) is 4.70. The van der Waals surface area contributed by atoms with Gasteiger partial charge < -0.3 is 0 Å². The van der Waals surface area contributed by atoms with E-state index >= 15 is 0 Å². The highest BCUT2D eigenvalue weighted by atomic mass is 16.2. The lowest BCUT2D eigenvalue weighted by Crippen LogP contribution is -2.65. The number of hydrogen-bond donors (Lipinski definition) is 1. The zero-order chi connectivity index (χ0) is 10.5. The molecule has 2 rings (SSSR count). The number of piperazine rings is 1. The third-order valence-corrected chi connectivity index (χ3v) is 3.72. The molecule has 0 radical (unpaired) electrons. The maximum absolute atomic E-state index is 11.8. The third-order valence-electron chi connectivity index (χ3n) is 3.72.